The van der Waals surface area contributed by atoms with Crippen molar-refractivity contribution in [3.05, 3.63) is 18.7 Å². The van der Waals surface area contributed by atoms with Gasteiger partial charge in [0.15, 0.2) is 0 Å². The standard InChI is InChI=1S/C11H18N4O/c16-11(3-7-15-8-6-12-9-15)14-5-4-13-10-1-2-10/h6,8-10,13H,1-5,7H2,(H,14,16). The van der Waals surface area contributed by atoms with Crippen molar-refractivity contribution >= 4 is 5.91 Å². The van der Waals surface area contributed by atoms with Crippen molar-refractivity contribution in [1.29, 1.82) is 0 Å². The van der Waals surface area contributed by atoms with E-state index < -0.39 is 0 Å². The van der Waals surface area contributed by atoms with Crippen LogP contribution in [-0.4, -0.2) is 34.6 Å². The number of carbonyl (C=O) groups excluding carboxylic acids is 1. The molecule has 2 rings (SSSR count). The van der Waals surface area contributed by atoms with Crippen LogP contribution < -0.4 is 10.6 Å². The summed E-state index contributed by atoms with van der Waals surface area (Å²) in [5.74, 6) is 0.103. The number of aromatic nitrogens is 2. The highest BCUT2D eigenvalue weighted by Crippen LogP contribution is 2.17. The molecule has 0 bridgehead atoms. The minimum atomic E-state index is 0.103. The second kappa shape index (κ2) is 5.65. The van der Waals surface area contributed by atoms with Gasteiger partial charge in [-0.2, -0.15) is 0 Å². The fourth-order valence-corrected chi connectivity index (χ4v) is 1.50. The van der Waals surface area contributed by atoms with Gasteiger partial charge >= 0.3 is 0 Å². The maximum atomic E-state index is 11.4. The van der Waals surface area contributed by atoms with Gasteiger partial charge in [0.25, 0.3) is 0 Å². The summed E-state index contributed by atoms with van der Waals surface area (Å²) in [6.45, 7) is 2.29. The second-order valence-electron chi connectivity index (χ2n) is 4.13. The van der Waals surface area contributed by atoms with Crippen LogP contribution >= 0.6 is 0 Å². The van der Waals surface area contributed by atoms with Crippen LogP contribution in [0.2, 0.25) is 0 Å². The molecule has 0 aromatic carbocycles. The van der Waals surface area contributed by atoms with Crippen molar-refractivity contribution in [2.45, 2.75) is 31.8 Å². The first-order valence-electron chi connectivity index (χ1n) is 5.80. The Morgan fingerprint density at radius 2 is 2.31 bits per heavy atom. The molecular weight excluding hydrogens is 204 g/mol. The van der Waals surface area contributed by atoms with Crippen LogP contribution in [0.15, 0.2) is 18.7 Å². The average molecular weight is 222 g/mol. The van der Waals surface area contributed by atoms with Gasteiger partial charge in [0.1, 0.15) is 0 Å². The molecule has 0 unspecified atom stereocenters. The number of nitrogens with one attached hydrogen (secondary N) is 2. The molecule has 1 fully saturated rings. The number of hydrogen-bond acceptors (Lipinski definition) is 3. The third kappa shape index (κ3) is 4.02. The summed E-state index contributed by atoms with van der Waals surface area (Å²) in [4.78, 5) is 15.3. The molecule has 1 heterocycles. The van der Waals surface area contributed by atoms with Gasteiger partial charge in [-0.3, -0.25) is 4.79 Å². The SMILES string of the molecule is O=C(CCn1ccnc1)NCCNC1CC1. The smallest absolute Gasteiger partial charge is 0.221 e. The molecule has 1 aromatic heterocycles. The molecule has 1 saturated carbocycles. The predicted molar refractivity (Wildman–Crippen MR) is 60.9 cm³/mol. The van der Waals surface area contributed by atoms with Crippen LogP contribution in [0.25, 0.3) is 0 Å². The van der Waals surface area contributed by atoms with E-state index in [1.807, 2.05) is 10.8 Å². The van der Waals surface area contributed by atoms with E-state index in [2.05, 4.69) is 15.6 Å². The van der Waals surface area contributed by atoms with Crippen LogP contribution in [0.5, 0.6) is 0 Å². The number of imidazole rings is 1. The fraction of sp³-hybridized carbons (Fsp3) is 0.636. The lowest BCUT2D eigenvalue weighted by Crippen LogP contribution is -2.32. The van der Waals surface area contributed by atoms with E-state index in [-0.39, 0.29) is 5.91 Å². The molecule has 5 heteroatoms. The second-order valence-corrected chi connectivity index (χ2v) is 4.13. The lowest BCUT2D eigenvalue weighted by molar-refractivity contribution is -0.121. The van der Waals surface area contributed by atoms with Crippen molar-refractivity contribution in [3.8, 4) is 0 Å². The molecule has 2 N–H and O–H groups in total. The maximum Gasteiger partial charge on any atom is 0.221 e. The number of hydrogen-bond donors (Lipinski definition) is 2. The van der Waals surface area contributed by atoms with Gasteiger partial charge in [-0.05, 0) is 12.8 Å². The number of amides is 1. The third-order valence-electron chi connectivity index (χ3n) is 2.61. The van der Waals surface area contributed by atoms with E-state index >= 15 is 0 Å². The largest absolute Gasteiger partial charge is 0.355 e. The van der Waals surface area contributed by atoms with Crippen molar-refractivity contribution < 1.29 is 4.79 Å². The Labute approximate surface area is 95.2 Å². The highest BCUT2D eigenvalue weighted by Gasteiger charge is 2.19. The van der Waals surface area contributed by atoms with E-state index in [0.717, 1.165) is 13.1 Å². The zero-order chi connectivity index (χ0) is 11.2. The number of rotatable bonds is 7. The molecule has 88 valence electrons. The highest BCUT2D eigenvalue weighted by molar-refractivity contribution is 5.75. The van der Waals surface area contributed by atoms with Gasteiger partial charge < -0.3 is 15.2 Å². The first-order valence-corrected chi connectivity index (χ1v) is 5.80. The Bertz CT molecular complexity index is 319. The molecule has 1 aliphatic carbocycles. The summed E-state index contributed by atoms with van der Waals surface area (Å²) < 4.78 is 1.90. The Balaban J connectivity index is 1.50. The van der Waals surface area contributed by atoms with E-state index in [1.54, 1.807) is 12.5 Å². The fourth-order valence-electron chi connectivity index (χ4n) is 1.50. The average Bonchev–Trinajstić information content (AvgIpc) is 2.96. The Morgan fingerprint density at radius 3 is 3.00 bits per heavy atom. The zero-order valence-corrected chi connectivity index (χ0v) is 9.35. The van der Waals surface area contributed by atoms with E-state index in [4.69, 9.17) is 0 Å². The van der Waals surface area contributed by atoms with Crippen molar-refractivity contribution in [1.82, 2.24) is 20.2 Å². The summed E-state index contributed by atoms with van der Waals surface area (Å²) in [6, 6.07) is 0.711. The van der Waals surface area contributed by atoms with Crippen molar-refractivity contribution in [3.63, 3.8) is 0 Å². The summed E-state index contributed by atoms with van der Waals surface area (Å²) in [7, 11) is 0. The molecule has 1 amide bonds. The molecule has 1 aliphatic rings. The van der Waals surface area contributed by atoms with Crippen LogP contribution in [-0.2, 0) is 11.3 Å². The molecule has 16 heavy (non-hydrogen) atoms. The molecule has 1 aromatic rings. The van der Waals surface area contributed by atoms with E-state index in [1.165, 1.54) is 12.8 Å². The zero-order valence-electron chi connectivity index (χ0n) is 9.35. The Kier molecular flexibility index (Phi) is 3.93. The van der Waals surface area contributed by atoms with Gasteiger partial charge in [0, 0.05) is 44.5 Å². The minimum absolute atomic E-state index is 0.103. The van der Waals surface area contributed by atoms with Crippen LogP contribution in [0.1, 0.15) is 19.3 Å². The topological polar surface area (TPSA) is 59.0 Å². The summed E-state index contributed by atoms with van der Waals surface area (Å²) in [5, 5.41) is 6.24. The van der Waals surface area contributed by atoms with Gasteiger partial charge in [0.2, 0.25) is 5.91 Å². The Morgan fingerprint density at radius 1 is 1.44 bits per heavy atom. The first kappa shape index (κ1) is 11.1. The first-order chi connectivity index (χ1) is 7.84. The summed E-state index contributed by atoms with van der Waals surface area (Å²) in [5.41, 5.74) is 0. The van der Waals surface area contributed by atoms with Gasteiger partial charge in [0.05, 0.1) is 6.33 Å². The monoisotopic (exact) mass is 222 g/mol. The molecule has 5 nitrogen and oxygen atoms in total. The van der Waals surface area contributed by atoms with Crippen LogP contribution in [0.3, 0.4) is 0 Å². The normalized spacial score (nSPS) is 15.0. The molecule has 0 aliphatic heterocycles. The molecule has 0 saturated heterocycles. The molecule has 0 atom stereocenters. The Hall–Kier alpha value is -1.36. The van der Waals surface area contributed by atoms with Crippen molar-refractivity contribution in [2.24, 2.45) is 0 Å². The molecule has 0 radical (unpaired) electrons. The van der Waals surface area contributed by atoms with Crippen LogP contribution in [0.4, 0.5) is 0 Å². The number of aryl methyl sites for hydroxylation is 1. The van der Waals surface area contributed by atoms with E-state index in [0.29, 0.717) is 19.0 Å². The number of nitrogens with zero attached hydrogens (tertiary/aromatic N) is 2. The van der Waals surface area contributed by atoms with Gasteiger partial charge in [-0.1, -0.05) is 0 Å². The quantitative estimate of drug-likeness (QED) is 0.645. The molecular formula is C11H18N4O. The van der Waals surface area contributed by atoms with Gasteiger partial charge in [-0.25, -0.2) is 4.98 Å². The van der Waals surface area contributed by atoms with E-state index in [9.17, 15) is 4.79 Å². The summed E-state index contributed by atoms with van der Waals surface area (Å²) >= 11 is 0. The number of carbonyl (C=O) groups is 1. The highest BCUT2D eigenvalue weighted by atomic mass is 16.1. The minimum Gasteiger partial charge on any atom is -0.355 e. The maximum absolute atomic E-state index is 11.4. The van der Waals surface area contributed by atoms with Crippen molar-refractivity contribution in [2.75, 3.05) is 13.1 Å². The van der Waals surface area contributed by atoms with Gasteiger partial charge in [-0.15, -0.1) is 0 Å². The third-order valence-corrected chi connectivity index (χ3v) is 2.61. The summed E-state index contributed by atoms with van der Waals surface area (Å²) in [6.07, 6.45) is 8.39. The predicted octanol–water partition coefficient (Wildman–Crippen LogP) is 0.141. The molecule has 0 spiro atoms. The lowest BCUT2D eigenvalue weighted by atomic mass is 10.4. The van der Waals surface area contributed by atoms with Crippen LogP contribution in [0, 0.1) is 0 Å². The lowest BCUT2D eigenvalue weighted by Gasteiger charge is -2.06.